The van der Waals surface area contributed by atoms with Crippen LogP contribution in [0.1, 0.15) is 11.8 Å². The SMILES string of the molecule is C[C@@H](C(=O)NCCc1cccs1)N1CCN(c2ncccn2)CC1. The molecule has 3 rings (SSSR count). The summed E-state index contributed by atoms with van der Waals surface area (Å²) in [5, 5.41) is 5.11. The topological polar surface area (TPSA) is 61.4 Å². The van der Waals surface area contributed by atoms with Crippen molar-refractivity contribution in [2.45, 2.75) is 19.4 Å². The van der Waals surface area contributed by atoms with E-state index in [1.165, 1.54) is 4.88 Å². The maximum absolute atomic E-state index is 12.3. The summed E-state index contributed by atoms with van der Waals surface area (Å²) in [6.07, 6.45) is 4.42. The molecule has 2 aromatic heterocycles. The number of thiophene rings is 1. The van der Waals surface area contributed by atoms with Crippen molar-refractivity contribution in [1.82, 2.24) is 20.2 Å². The summed E-state index contributed by atoms with van der Waals surface area (Å²) in [5.41, 5.74) is 0. The summed E-state index contributed by atoms with van der Waals surface area (Å²) in [6.45, 7) is 6.06. The van der Waals surface area contributed by atoms with Gasteiger partial charge in [0.15, 0.2) is 0 Å². The highest BCUT2D eigenvalue weighted by Gasteiger charge is 2.26. The van der Waals surface area contributed by atoms with Gasteiger partial charge in [0.25, 0.3) is 0 Å². The third kappa shape index (κ3) is 4.30. The molecule has 24 heavy (non-hydrogen) atoms. The molecular weight excluding hydrogens is 322 g/mol. The van der Waals surface area contributed by atoms with Crippen LogP contribution in [-0.4, -0.2) is 59.5 Å². The number of anilines is 1. The van der Waals surface area contributed by atoms with E-state index in [2.05, 4.69) is 36.5 Å². The molecule has 0 aromatic carbocycles. The van der Waals surface area contributed by atoms with Gasteiger partial charge >= 0.3 is 0 Å². The second kappa shape index (κ2) is 8.21. The number of rotatable bonds is 6. The monoisotopic (exact) mass is 345 g/mol. The summed E-state index contributed by atoms with van der Waals surface area (Å²) >= 11 is 1.73. The number of hydrogen-bond acceptors (Lipinski definition) is 6. The molecule has 0 saturated carbocycles. The van der Waals surface area contributed by atoms with Crippen LogP contribution >= 0.6 is 11.3 Å². The quantitative estimate of drug-likeness (QED) is 0.858. The first kappa shape index (κ1) is 16.9. The van der Waals surface area contributed by atoms with Crippen LogP contribution in [0, 0.1) is 0 Å². The molecule has 1 aliphatic rings. The molecule has 0 radical (unpaired) electrons. The maximum atomic E-state index is 12.3. The molecule has 3 heterocycles. The predicted molar refractivity (Wildman–Crippen MR) is 96.3 cm³/mol. The average molecular weight is 345 g/mol. The van der Waals surface area contributed by atoms with Crippen molar-refractivity contribution in [3.8, 4) is 0 Å². The number of amides is 1. The van der Waals surface area contributed by atoms with Crippen molar-refractivity contribution < 1.29 is 4.79 Å². The second-order valence-electron chi connectivity index (χ2n) is 5.87. The minimum absolute atomic E-state index is 0.104. The van der Waals surface area contributed by atoms with Gasteiger partial charge in [-0.1, -0.05) is 6.07 Å². The molecule has 0 spiro atoms. The lowest BCUT2D eigenvalue weighted by Gasteiger charge is -2.37. The van der Waals surface area contributed by atoms with Crippen LogP contribution in [0.25, 0.3) is 0 Å². The second-order valence-corrected chi connectivity index (χ2v) is 6.90. The van der Waals surface area contributed by atoms with Crippen molar-refractivity contribution in [3.05, 3.63) is 40.8 Å². The number of carbonyl (C=O) groups excluding carboxylic acids is 1. The standard InChI is InChI=1S/C17H23N5OS/c1-14(16(23)18-8-5-15-4-2-13-24-15)21-9-11-22(12-10-21)17-19-6-3-7-20-17/h2-4,6-7,13-14H,5,8-12H2,1H3,(H,18,23)/t14-/m0/s1. The van der Waals surface area contributed by atoms with Crippen molar-refractivity contribution in [2.75, 3.05) is 37.6 Å². The molecule has 1 aliphatic heterocycles. The van der Waals surface area contributed by atoms with Gasteiger partial charge in [-0.05, 0) is 30.9 Å². The van der Waals surface area contributed by atoms with Gasteiger partial charge in [0.05, 0.1) is 6.04 Å². The van der Waals surface area contributed by atoms with Gasteiger partial charge in [-0.15, -0.1) is 11.3 Å². The molecule has 2 aromatic rings. The molecule has 0 unspecified atom stereocenters. The third-order valence-electron chi connectivity index (χ3n) is 4.33. The Morgan fingerprint density at radius 3 is 2.67 bits per heavy atom. The Bertz CT molecular complexity index is 626. The van der Waals surface area contributed by atoms with Gasteiger partial charge in [0.2, 0.25) is 11.9 Å². The van der Waals surface area contributed by atoms with Crippen molar-refractivity contribution in [2.24, 2.45) is 0 Å². The lowest BCUT2D eigenvalue weighted by atomic mass is 10.2. The smallest absolute Gasteiger partial charge is 0.237 e. The zero-order valence-corrected chi connectivity index (χ0v) is 14.7. The van der Waals surface area contributed by atoms with Gasteiger partial charge in [0, 0.05) is 50.0 Å². The lowest BCUT2D eigenvalue weighted by Crippen LogP contribution is -2.54. The molecule has 1 atom stereocenters. The third-order valence-corrected chi connectivity index (χ3v) is 5.26. The summed E-state index contributed by atoms with van der Waals surface area (Å²) in [7, 11) is 0. The van der Waals surface area contributed by atoms with Crippen LogP contribution in [0.5, 0.6) is 0 Å². The average Bonchev–Trinajstić information content (AvgIpc) is 3.15. The highest BCUT2D eigenvalue weighted by Crippen LogP contribution is 2.12. The molecule has 128 valence electrons. The number of carbonyl (C=O) groups is 1. The Morgan fingerprint density at radius 2 is 2.00 bits per heavy atom. The molecule has 1 saturated heterocycles. The van der Waals surface area contributed by atoms with Crippen LogP contribution in [0.2, 0.25) is 0 Å². The minimum Gasteiger partial charge on any atom is -0.354 e. The Morgan fingerprint density at radius 1 is 1.25 bits per heavy atom. The van der Waals surface area contributed by atoms with E-state index in [9.17, 15) is 4.79 Å². The summed E-state index contributed by atoms with van der Waals surface area (Å²) < 4.78 is 0. The zero-order chi connectivity index (χ0) is 16.8. The molecule has 1 amide bonds. The van der Waals surface area contributed by atoms with E-state index in [4.69, 9.17) is 0 Å². The van der Waals surface area contributed by atoms with Crippen LogP contribution in [0.3, 0.4) is 0 Å². The van der Waals surface area contributed by atoms with Crippen LogP contribution < -0.4 is 10.2 Å². The normalized spacial score (nSPS) is 16.8. The maximum Gasteiger partial charge on any atom is 0.237 e. The summed E-state index contributed by atoms with van der Waals surface area (Å²) in [5.74, 6) is 0.876. The first-order valence-electron chi connectivity index (χ1n) is 8.30. The van der Waals surface area contributed by atoms with Crippen molar-refractivity contribution in [1.29, 1.82) is 0 Å². The molecule has 1 fully saturated rings. The molecule has 0 aliphatic carbocycles. The van der Waals surface area contributed by atoms with Crippen LogP contribution in [0.4, 0.5) is 5.95 Å². The Kier molecular flexibility index (Phi) is 5.77. The highest BCUT2D eigenvalue weighted by molar-refractivity contribution is 7.09. The molecule has 0 bridgehead atoms. The van der Waals surface area contributed by atoms with E-state index in [1.54, 1.807) is 23.7 Å². The van der Waals surface area contributed by atoms with Crippen LogP contribution in [-0.2, 0) is 11.2 Å². The van der Waals surface area contributed by atoms with Gasteiger partial charge in [0.1, 0.15) is 0 Å². The number of hydrogen-bond donors (Lipinski definition) is 1. The Balaban J connectivity index is 1.42. The highest BCUT2D eigenvalue weighted by atomic mass is 32.1. The summed E-state index contributed by atoms with van der Waals surface area (Å²) in [4.78, 5) is 26.6. The minimum atomic E-state index is -0.104. The number of piperazine rings is 1. The lowest BCUT2D eigenvalue weighted by molar-refractivity contribution is -0.125. The number of nitrogens with zero attached hydrogens (tertiary/aromatic N) is 4. The van der Waals surface area contributed by atoms with E-state index >= 15 is 0 Å². The first-order valence-corrected chi connectivity index (χ1v) is 9.18. The fourth-order valence-corrected chi connectivity index (χ4v) is 3.55. The van der Waals surface area contributed by atoms with E-state index in [1.807, 2.05) is 19.1 Å². The van der Waals surface area contributed by atoms with E-state index in [-0.39, 0.29) is 11.9 Å². The van der Waals surface area contributed by atoms with Crippen molar-refractivity contribution >= 4 is 23.2 Å². The Labute approximate surface area is 146 Å². The fraction of sp³-hybridized carbons (Fsp3) is 0.471. The van der Waals surface area contributed by atoms with Crippen molar-refractivity contribution in [3.63, 3.8) is 0 Å². The molecular formula is C17H23N5OS. The zero-order valence-electron chi connectivity index (χ0n) is 13.9. The van der Waals surface area contributed by atoms with Gasteiger partial charge < -0.3 is 10.2 Å². The van der Waals surface area contributed by atoms with Gasteiger partial charge in [-0.2, -0.15) is 0 Å². The largest absolute Gasteiger partial charge is 0.354 e. The molecule has 7 heteroatoms. The Hall–Kier alpha value is -1.99. The number of aromatic nitrogens is 2. The molecule has 6 nitrogen and oxygen atoms in total. The van der Waals surface area contributed by atoms with Crippen LogP contribution in [0.15, 0.2) is 36.0 Å². The van der Waals surface area contributed by atoms with Gasteiger partial charge in [-0.25, -0.2) is 9.97 Å². The number of nitrogens with one attached hydrogen (secondary N) is 1. The summed E-state index contributed by atoms with van der Waals surface area (Å²) in [6, 6.07) is 5.86. The predicted octanol–water partition coefficient (Wildman–Crippen LogP) is 1.41. The molecule has 1 N–H and O–H groups in total. The van der Waals surface area contributed by atoms with E-state index in [0.29, 0.717) is 6.54 Å². The first-order chi connectivity index (χ1) is 11.7. The van der Waals surface area contributed by atoms with E-state index in [0.717, 1.165) is 38.5 Å². The fourth-order valence-electron chi connectivity index (χ4n) is 2.84. The van der Waals surface area contributed by atoms with Gasteiger partial charge in [-0.3, -0.25) is 9.69 Å². The van der Waals surface area contributed by atoms with E-state index < -0.39 is 0 Å².